The average Bonchev–Trinajstić information content (AvgIpc) is 2.70. The van der Waals surface area contributed by atoms with Crippen molar-refractivity contribution in [1.82, 2.24) is 5.32 Å². The monoisotopic (exact) mass is 287 g/mol. The fourth-order valence-electron chi connectivity index (χ4n) is 2.72. The van der Waals surface area contributed by atoms with Crippen molar-refractivity contribution in [1.29, 1.82) is 0 Å². The van der Waals surface area contributed by atoms with Crippen molar-refractivity contribution >= 4 is 12.0 Å². The highest BCUT2D eigenvalue weighted by Gasteiger charge is 2.27. The standard InChI is InChI=1S/C18H25NO2/c1-15-6-8-16(9-7-15)10-11-17(20)19-14-18(21)12-4-2-3-5-13-18/h6-11,21H,2-5,12-14H2,1H3,(H,19,20). The molecule has 114 valence electrons. The summed E-state index contributed by atoms with van der Waals surface area (Å²) in [5, 5.41) is 13.3. The number of carbonyl (C=O) groups excluding carboxylic acids is 1. The van der Waals surface area contributed by atoms with E-state index in [2.05, 4.69) is 5.32 Å². The van der Waals surface area contributed by atoms with Crippen LogP contribution in [-0.2, 0) is 4.79 Å². The minimum absolute atomic E-state index is 0.145. The van der Waals surface area contributed by atoms with Crippen LogP contribution in [0.2, 0.25) is 0 Å². The summed E-state index contributed by atoms with van der Waals surface area (Å²) in [6, 6.07) is 8.01. The number of aryl methyl sites for hydroxylation is 1. The summed E-state index contributed by atoms with van der Waals surface area (Å²) in [4.78, 5) is 11.8. The molecule has 2 N–H and O–H groups in total. The molecule has 3 heteroatoms. The first-order valence-corrected chi connectivity index (χ1v) is 7.82. The lowest BCUT2D eigenvalue weighted by Gasteiger charge is -2.26. The molecule has 2 rings (SSSR count). The van der Waals surface area contributed by atoms with E-state index in [0.29, 0.717) is 6.54 Å². The smallest absolute Gasteiger partial charge is 0.244 e. The van der Waals surface area contributed by atoms with Gasteiger partial charge in [-0.15, -0.1) is 0 Å². The van der Waals surface area contributed by atoms with Gasteiger partial charge in [0.05, 0.1) is 5.60 Å². The molecule has 0 heterocycles. The van der Waals surface area contributed by atoms with Gasteiger partial charge in [0.2, 0.25) is 5.91 Å². The van der Waals surface area contributed by atoms with E-state index in [9.17, 15) is 9.90 Å². The number of amides is 1. The van der Waals surface area contributed by atoms with E-state index in [4.69, 9.17) is 0 Å². The van der Waals surface area contributed by atoms with Crippen LogP contribution in [0.4, 0.5) is 0 Å². The zero-order valence-corrected chi connectivity index (χ0v) is 12.8. The Morgan fingerprint density at radius 3 is 2.43 bits per heavy atom. The number of rotatable bonds is 4. The van der Waals surface area contributed by atoms with Crippen molar-refractivity contribution in [2.75, 3.05) is 6.54 Å². The van der Waals surface area contributed by atoms with Crippen LogP contribution in [-0.4, -0.2) is 23.2 Å². The van der Waals surface area contributed by atoms with Crippen LogP contribution in [0.25, 0.3) is 6.08 Å². The molecule has 0 unspecified atom stereocenters. The fraction of sp³-hybridized carbons (Fsp3) is 0.500. The Kier molecular flexibility index (Phi) is 5.57. The van der Waals surface area contributed by atoms with Gasteiger partial charge in [-0.3, -0.25) is 4.79 Å². The van der Waals surface area contributed by atoms with Crippen LogP contribution in [0.1, 0.15) is 49.7 Å². The van der Waals surface area contributed by atoms with Gasteiger partial charge in [-0.1, -0.05) is 55.5 Å². The van der Waals surface area contributed by atoms with Gasteiger partial charge in [-0.05, 0) is 31.4 Å². The predicted octanol–water partition coefficient (Wildman–Crippen LogP) is 3.21. The number of nitrogens with one attached hydrogen (secondary N) is 1. The zero-order chi connectivity index (χ0) is 15.1. The zero-order valence-electron chi connectivity index (χ0n) is 12.8. The number of hydrogen-bond donors (Lipinski definition) is 2. The predicted molar refractivity (Wildman–Crippen MR) is 85.9 cm³/mol. The Bertz CT molecular complexity index is 482. The highest BCUT2D eigenvalue weighted by Crippen LogP contribution is 2.26. The Morgan fingerprint density at radius 2 is 1.81 bits per heavy atom. The van der Waals surface area contributed by atoms with Gasteiger partial charge in [0.25, 0.3) is 0 Å². The molecule has 1 saturated carbocycles. The molecule has 0 atom stereocenters. The molecular formula is C18H25NO2. The van der Waals surface area contributed by atoms with Gasteiger partial charge >= 0.3 is 0 Å². The first kappa shape index (κ1) is 15.8. The molecule has 1 aromatic carbocycles. The second kappa shape index (κ2) is 7.41. The fourth-order valence-corrected chi connectivity index (χ4v) is 2.72. The summed E-state index contributed by atoms with van der Waals surface area (Å²) in [6.07, 6.45) is 9.37. The summed E-state index contributed by atoms with van der Waals surface area (Å²) in [7, 11) is 0. The van der Waals surface area contributed by atoms with E-state index in [0.717, 1.165) is 31.2 Å². The third-order valence-corrected chi connectivity index (χ3v) is 4.13. The van der Waals surface area contributed by atoms with Crippen LogP contribution in [0.15, 0.2) is 30.3 Å². The van der Waals surface area contributed by atoms with Crippen LogP contribution in [0.5, 0.6) is 0 Å². The van der Waals surface area contributed by atoms with Gasteiger partial charge in [0.15, 0.2) is 0 Å². The molecule has 0 radical (unpaired) electrons. The maximum absolute atomic E-state index is 11.8. The molecule has 1 fully saturated rings. The van der Waals surface area contributed by atoms with E-state index in [1.165, 1.54) is 24.5 Å². The maximum atomic E-state index is 11.8. The molecule has 1 aromatic rings. The maximum Gasteiger partial charge on any atom is 0.244 e. The van der Waals surface area contributed by atoms with Crippen LogP contribution < -0.4 is 5.32 Å². The van der Waals surface area contributed by atoms with Gasteiger partial charge in [0.1, 0.15) is 0 Å². The van der Waals surface area contributed by atoms with Crippen LogP contribution in [0.3, 0.4) is 0 Å². The highest BCUT2D eigenvalue weighted by atomic mass is 16.3. The van der Waals surface area contributed by atoms with Gasteiger partial charge in [0, 0.05) is 12.6 Å². The van der Waals surface area contributed by atoms with Gasteiger partial charge < -0.3 is 10.4 Å². The molecule has 1 aliphatic carbocycles. The highest BCUT2D eigenvalue weighted by molar-refractivity contribution is 5.91. The largest absolute Gasteiger partial charge is 0.388 e. The third-order valence-electron chi connectivity index (χ3n) is 4.13. The number of carbonyl (C=O) groups is 1. The lowest BCUT2D eigenvalue weighted by atomic mass is 9.94. The van der Waals surface area contributed by atoms with Crippen molar-refractivity contribution in [3.8, 4) is 0 Å². The molecular weight excluding hydrogens is 262 g/mol. The minimum atomic E-state index is -0.718. The SMILES string of the molecule is Cc1ccc(C=CC(=O)NCC2(O)CCCCCC2)cc1. The summed E-state index contributed by atoms with van der Waals surface area (Å²) in [5.41, 5.74) is 1.49. The Labute approximate surface area is 127 Å². The molecule has 0 aromatic heterocycles. The van der Waals surface area contributed by atoms with Gasteiger partial charge in [-0.25, -0.2) is 0 Å². The van der Waals surface area contributed by atoms with E-state index in [-0.39, 0.29) is 5.91 Å². The number of hydrogen-bond acceptors (Lipinski definition) is 2. The van der Waals surface area contributed by atoms with Crippen molar-refractivity contribution in [2.24, 2.45) is 0 Å². The molecule has 0 saturated heterocycles. The van der Waals surface area contributed by atoms with E-state index in [1.807, 2.05) is 31.2 Å². The molecule has 3 nitrogen and oxygen atoms in total. The summed E-state index contributed by atoms with van der Waals surface area (Å²) < 4.78 is 0. The topological polar surface area (TPSA) is 49.3 Å². The summed E-state index contributed by atoms with van der Waals surface area (Å²) in [6.45, 7) is 2.39. The molecule has 0 aliphatic heterocycles. The van der Waals surface area contributed by atoms with Crippen LogP contribution >= 0.6 is 0 Å². The number of benzene rings is 1. The van der Waals surface area contributed by atoms with Crippen molar-refractivity contribution in [3.05, 3.63) is 41.5 Å². The second-order valence-electron chi connectivity index (χ2n) is 6.10. The average molecular weight is 287 g/mol. The van der Waals surface area contributed by atoms with Crippen molar-refractivity contribution in [3.63, 3.8) is 0 Å². The van der Waals surface area contributed by atoms with E-state index >= 15 is 0 Å². The van der Waals surface area contributed by atoms with Crippen molar-refractivity contribution in [2.45, 2.75) is 51.0 Å². The lowest BCUT2D eigenvalue weighted by molar-refractivity contribution is -0.117. The lowest BCUT2D eigenvalue weighted by Crippen LogP contribution is -2.42. The summed E-state index contributed by atoms with van der Waals surface area (Å²) >= 11 is 0. The Morgan fingerprint density at radius 1 is 1.19 bits per heavy atom. The Balaban J connectivity index is 1.82. The van der Waals surface area contributed by atoms with Gasteiger partial charge in [-0.2, -0.15) is 0 Å². The normalized spacial score (nSPS) is 18.4. The quantitative estimate of drug-likeness (QED) is 0.660. The van der Waals surface area contributed by atoms with E-state index < -0.39 is 5.60 Å². The first-order valence-electron chi connectivity index (χ1n) is 7.82. The Hall–Kier alpha value is -1.61. The second-order valence-corrected chi connectivity index (χ2v) is 6.10. The molecule has 0 bridgehead atoms. The molecule has 21 heavy (non-hydrogen) atoms. The first-order chi connectivity index (χ1) is 10.1. The summed E-state index contributed by atoms with van der Waals surface area (Å²) in [5.74, 6) is -0.145. The number of aliphatic hydroxyl groups is 1. The van der Waals surface area contributed by atoms with Crippen LogP contribution in [0, 0.1) is 6.92 Å². The van der Waals surface area contributed by atoms with Crippen molar-refractivity contribution < 1.29 is 9.90 Å². The third kappa shape index (κ3) is 5.35. The molecule has 1 aliphatic rings. The van der Waals surface area contributed by atoms with E-state index in [1.54, 1.807) is 6.08 Å². The minimum Gasteiger partial charge on any atom is -0.388 e. The molecule has 1 amide bonds. The molecule has 0 spiro atoms.